The van der Waals surface area contributed by atoms with Crippen molar-refractivity contribution in [2.75, 3.05) is 0 Å². The molecule has 0 fully saturated rings. The molecular formula is C19H30N2. The highest BCUT2D eigenvalue weighted by molar-refractivity contribution is 5.84. The van der Waals surface area contributed by atoms with Crippen molar-refractivity contribution in [1.82, 2.24) is 0 Å². The van der Waals surface area contributed by atoms with Gasteiger partial charge in [-0.05, 0) is 41.5 Å². The van der Waals surface area contributed by atoms with Crippen molar-refractivity contribution in [2.24, 2.45) is 5.92 Å². The van der Waals surface area contributed by atoms with Gasteiger partial charge in [-0.15, -0.1) is 0 Å². The number of hydrogen-bond donors (Lipinski definition) is 2. The van der Waals surface area contributed by atoms with Gasteiger partial charge in [0.1, 0.15) is 0 Å². The molecule has 2 N–H and O–H groups in total. The first-order valence-corrected chi connectivity index (χ1v) is 7.97. The normalized spacial score (nSPS) is 14.5. The second kappa shape index (κ2) is 7.53. The topological polar surface area (TPSA) is 47.7 Å². The fourth-order valence-electron chi connectivity index (χ4n) is 2.60. The molecular weight excluding hydrogens is 256 g/mol. The summed E-state index contributed by atoms with van der Waals surface area (Å²) in [6, 6.07) is 8.77. The number of nitrogens with one attached hydrogen (secondary N) is 2. The van der Waals surface area contributed by atoms with Crippen LogP contribution in [0, 0.1) is 16.7 Å². The molecule has 0 amide bonds. The molecule has 0 aliphatic rings. The zero-order valence-corrected chi connectivity index (χ0v) is 14.2. The van der Waals surface area contributed by atoms with Gasteiger partial charge in [-0.2, -0.15) is 0 Å². The lowest BCUT2D eigenvalue weighted by Gasteiger charge is -2.23. The third-order valence-electron chi connectivity index (χ3n) is 4.19. The van der Waals surface area contributed by atoms with E-state index in [-0.39, 0.29) is 17.3 Å². The van der Waals surface area contributed by atoms with Gasteiger partial charge in [0.25, 0.3) is 0 Å². The maximum absolute atomic E-state index is 7.99. The minimum atomic E-state index is 0.129. The fourth-order valence-corrected chi connectivity index (χ4v) is 2.60. The van der Waals surface area contributed by atoms with E-state index in [1.165, 1.54) is 17.3 Å². The molecule has 2 unspecified atom stereocenters. The van der Waals surface area contributed by atoms with E-state index >= 15 is 0 Å². The minimum absolute atomic E-state index is 0.129. The van der Waals surface area contributed by atoms with Crippen LogP contribution in [-0.4, -0.2) is 11.9 Å². The van der Waals surface area contributed by atoms with E-state index in [2.05, 4.69) is 58.9 Å². The van der Waals surface area contributed by atoms with E-state index in [0.29, 0.717) is 6.42 Å². The largest absolute Gasteiger partial charge is 0.313 e. The summed E-state index contributed by atoms with van der Waals surface area (Å²) in [6.45, 7) is 10.9. The van der Waals surface area contributed by atoms with E-state index in [0.717, 1.165) is 18.6 Å². The first-order valence-electron chi connectivity index (χ1n) is 7.97. The molecule has 2 nitrogen and oxygen atoms in total. The van der Waals surface area contributed by atoms with Crippen LogP contribution in [0.1, 0.15) is 70.9 Å². The minimum Gasteiger partial charge on any atom is -0.313 e. The Kier molecular flexibility index (Phi) is 6.32. The van der Waals surface area contributed by atoms with E-state index in [4.69, 9.17) is 10.8 Å². The first kappa shape index (κ1) is 17.6. The molecule has 0 spiro atoms. The maximum Gasteiger partial charge on any atom is 0.00957 e. The van der Waals surface area contributed by atoms with Crippen molar-refractivity contribution in [3.8, 4) is 0 Å². The van der Waals surface area contributed by atoms with Gasteiger partial charge in [0, 0.05) is 11.6 Å². The summed E-state index contributed by atoms with van der Waals surface area (Å²) < 4.78 is 0. The molecule has 1 aromatic rings. The second-order valence-corrected chi connectivity index (χ2v) is 7.05. The van der Waals surface area contributed by atoms with Gasteiger partial charge in [-0.25, -0.2) is 0 Å². The summed E-state index contributed by atoms with van der Waals surface area (Å²) in [5, 5.41) is 15.7. The molecule has 2 heteroatoms. The SMILES string of the molecule is CCCC(=N)CC(C=N)C(C)c1ccc(C(C)(C)C)cc1. The van der Waals surface area contributed by atoms with Crippen LogP contribution >= 0.6 is 0 Å². The Morgan fingerprint density at radius 2 is 1.76 bits per heavy atom. The quantitative estimate of drug-likeness (QED) is 0.616. The van der Waals surface area contributed by atoms with E-state index in [1.807, 2.05) is 0 Å². The van der Waals surface area contributed by atoms with Crippen LogP contribution in [0.5, 0.6) is 0 Å². The molecule has 0 bridgehead atoms. The molecule has 0 aliphatic heterocycles. The maximum atomic E-state index is 7.99. The fraction of sp³-hybridized carbons (Fsp3) is 0.579. The molecule has 21 heavy (non-hydrogen) atoms. The van der Waals surface area contributed by atoms with Gasteiger partial charge in [0.15, 0.2) is 0 Å². The van der Waals surface area contributed by atoms with Crippen molar-refractivity contribution < 1.29 is 0 Å². The van der Waals surface area contributed by atoms with Crippen LogP contribution in [0.15, 0.2) is 24.3 Å². The molecule has 0 heterocycles. The monoisotopic (exact) mass is 286 g/mol. The van der Waals surface area contributed by atoms with Crippen molar-refractivity contribution in [2.45, 2.75) is 65.2 Å². The molecule has 116 valence electrons. The van der Waals surface area contributed by atoms with Crippen LogP contribution in [0.25, 0.3) is 0 Å². The Morgan fingerprint density at radius 3 is 2.19 bits per heavy atom. The van der Waals surface area contributed by atoms with Crippen molar-refractivity contribution in [1.29, 1.82) is 10.8 Å². The summed E-state index contributed by atoms with van der Waals surface area (Å²) in [5.74, 6) is 0.415. The molecule has 0 aromatic heterocycles. The van der Waals surface area contributed by atoms with Crippen LogP contribution in [0.2, 0.25) is 0 Å². The lowest BCUT2D eigenvalue weighted by atomic mass is 9.82. The number of benzene rings is 1. The molecule has 1 aromatic carbocycles. The van der Waals surface area contributed by atoms with Gasteiger partial charge in [0.05, 0.1) is 0 Å². The predicted octanol–water partition coefficient (Wildman–Crippen LogP) is 5.56. The molecule has 2 atom stereocenters. The number of hydrogen-bond acceptors (Lipinski definition) is 2. The highest BCUT2D eigenvalue weighted by atomic mass is 14.4. The Balaban J connectivity index is 2.83. The average Bonchev–Trinajstić information content (AvgIpc) is 2.43. The van der Waals surface area contributed by atoms with Gasteiger partial charge >= 0.3 is 0 Å². The van der Waals surface area contributed by atoms with Gasteiger partial charge in [-0.3, -0.25) is 0 Å². The zero-order chi connectivity index (χ0) is 16.0. The van der Waals surface area contributed by atoms with E-state index in [1.54, 1.807) is 0 Å². The van der Waals surface area contributed by atoms with E-state index < -0.39 is 0 Å². The summed E-state index contributed by atoms with van der Waals surface area (Å²) in [5.41, 5.74) is 3.54. The first-order chi connectivity index (χ1) is 9.79. The smallest absolute Gasteiger partial charge is 0.00957 e. The molecule has 0 saturated heterocycles. The predicted molar refractivity (Wildman–Crippen MR) is 93.1 cm³/mol. The van der Waals surface area contributed by atoms with Crippen LogP contribution in [-0.2, 0) is 5.41 Å². The van der Waals surface area contributed by atoms with Crippen molar-refractivity contribution in [3.63, 3.8) is 0 Å². The summed E-state index contributed by atoms with van der Waals surface area (Å²) in [7, 11) is 0. The lowest BCUT2D eigenvalue weighted by Crippen LogP contribution is -2.16. The second-order valence-electron chi connectivity index (χ2n) is 7.05. The van der Waals surface area contributed by atoms with Gasteiger partial charge in [-0.1, -0.05) is 65.3 Å². The summed E-state index contributed by atoms with van der Waals surface area (Å²) in [4.78, 5) is 0. The Labute approximate surface area is 130 Å². The summed E-state index contributed by atoms with van der Waals surface area (Å²) >= 11 is 0. The highest BCUT2D eigenvalue weighted by Crippen LogP contribution is 2.29. The zero-order valence-electron chi connectivity index (χ0n) is 14.2. The van der Waals surface area contributed by atoms with Crippen molar-refractivity contribution >= 4 is 11.9 Å². The molecule has 1 rings (SSSR count). The van der Waals surface area contributed by atoms with Crippen LogP contribution < -0.4 is 0 Å². The standard InChI is InChI=1S/C19H30N2/c1-6-7-18(21)12-16(13-20)14(2)15-8-10-17(11-9-15)19(3,4)5/h8-11,13-14,16,20-21H,6-7,12H2,1-5H3. The van der Waals surface area contributed by atoms with Gasteiger partial charge < -0.3 is 10.8 Å². The highest BCUT2D eigenvalue weighted by Gasteiger charge is 2.19. The van der Waals surface area contributed by atoms with Gasteiger partial charge in [0.2, 0.25) is 0 Å². The Morgan fingerprint density at radius 1 is 1.19 bits per heavy atom. The van der Waals surface area contributed by atoms with Crippen LogP contribution in [0.3, 0.4) is 0 Å². The molecule has 0 radical (unpaired) electrons. The van der Waals surface area contributed by atoms with Crippen molar-refractivity contribution in [3.05, 3.63) is 35.4 Å². The Bertz CT molecular complexity index is 465. The van der Waals surface area contributed by atoms with E-state index in [9.17, 15) is 0 Å². The molecule has 0 aliphatic carbocycles. The Hall–Kier alpha value is -1.44. The third kappa shape index (κ3) is 5.11. The third-order valence-corrected chi connectivity index (χ3v) is 4.19. The average molecular weight is 286 g/mol. The summed E-state index contributed by atoms with van der Waals surface area (Å²) in [6.07, 6.45) is 4.09. The molecule has 0 saturated carbocycles. The number of rotatable bonds is 7. The van der Waals surface area contributed by atoms with Crippen LogP contribution in [0.4, 0.5) is 0 Å². The lowest BCUT2D eigenvalue weighted by molar-refractivity contribution is 0.582.